The van der Waals surface area contributed by atoms with Crippen molar-refractivity contribution in [3.63, 3.8) is 0 Å². The summed E-state index contributed by atoms with van der Waals surface area (Å²) in [6.45, 7) is 4.88. The SMILES string of the molecule is Cc1ccc(-c2nnc3c4cc5c(cc4n(Cc4cccc(F)c4)cc2-3)OCO5)cc1C. The smallest absolute Gasteiger partial charge is 0.231 e. The number of aromatic nitrogens is 3. The zero-order valence-electron chi connectivity index (χ0n) is 17.7. The van der Waals surface area contributed by atoms with Crippen LogP contribution in [0, 0.1) is 19.7 Å². The van der Waals surface area contributed by atoms with E-state index in [1.807, 2.05) is 18.2 Å². The first-order valence-electron chi connectivity index (χ1n) is 10.5. The van der Waals surface area contributed by atoms with Crippen molar-refractivity contribution in [2.24, 2.45) is 0 Å². The van der Waals surface area contributed by atoms with E-state index in [1.165, 1.54) is 17.2 Å². The number of pyridine rings is 1. The molecule has 32 heavy (non-hydrogen) atoms. The molecule has 0 atom stereocenters. The maximum absolute atomic E-state index is 13.9. The molecule has 0 saturated carbocycles. The van der Waals surface area contributed by atoms with E-state index in [1.54, 1.807) is 12.1 Å². The van der Waals surface area contributed by atoms with E-state index >= 15 is 0 Å². The lowest BCUT2D eigenvalue weighted by atomic mass is 9.98. The lowest BCUT2D eigenvalue weighted by molar-refractivity contribution is 0.174. The van der Waals surface area contributed by atoms with Gasteiger partial charge in [-0.2, -0.15) is 0 Å². The highest BCUT2D eigenvalue weighted by molar-refractivity contribution is 5.99. The average Bonchev–Trinajstić information content (AvgIpc) is 3.41. The van der Waals surface area contributed by atoms with Crippen LogP contribution in [0.5, 0.6) is 11.5 Å². The molecule has 3 heterocycles. The van der Waals surface area contributed by atoms with Gasteiger partial charge < -0.3 is 14.0 Å². The fraction of sp³-hybridized carbons (Fsp3) is 0.154. The van der Waals surface area contributed by atoms with Crippen molar-refractivity contribution in [1.29, 1.82) is 0 Å². The average molecular weight is 425 g/mol. The van der Waals surface area contributed by atoms with E-state index in [0.29, 0.717) is 18.0 Å². The van der Waals surface area contributed by atoms with E-state index in [9.17, 15) is 4.39 Å². The summed E-state index contributed by atoms with van der Waals surface area (Å²) >= 11 is 0. The van der Waals surface area contributed by atoms with Gasteiger partial charge in [-0.05, 0) is 54.8 Å². The van der Waals surface area contributed by atoms with Gasteiger partial charge in [0.05, 0.1) is 5.52 Å². The molecule has 3 aromatic carbocycles. The fourth-order valence-electron chi connectivity index (χ4n) is 4.29. The third-order valence-corrected chi connectivity index (χ3v) is 6.12. The predicted molar refractivity (Wildman–Crippen MR) is 121 cm³/mol. The molecule has 0 bridgehead atoms. The van der Waals surface area contributed by atoms with E-state index in [0.717, 1.165) is 39.0 Å². The number of hydrogen-bond donors (Lipinski definition) is 0. The van der Waals surface area contributed by atoms with Crippen LogP contribution in [0.25, 0.3) is 33.4 Å². The van der Waals surface area contributed by atoms with E-state index in [4.69, 9.17) is 9.47 Å². The van der Waals surface area contributed by atoms with Gasteiger partial charge in [0.1, 0.15) is 17.2 Å². The summed E-state index contributed by atoms with van der Waals surface area (Å²) in [6.07, 6.45) is 2.05. The number of benzene rings is 3. The number of halogens is 1. The van der Waals surface area contributed by atoms with Gasteiger partial charge in [-0.25, -0.2) is 4.39 Å². The molecular formula is C26H20FN3O2. The number of aryl methyl sites for hydroxylation is 2. The van der Waals surface area contributed by atoms with Crippen molar-refractivity contribution in [3.8, 4) is 34.0 Å². The van der Waals surface area contributed by atoms with Gasteiger partial charge >= 0.3 is 0 Å². The Balaban J connectivity index is 1.60. The van der Waals surface area contributed by atoms with Crippen LogP contribution in [-0.2, 0) is 6.54 Å². The van der Waals surface area contributed by atoms with Crippen molar-refractivity contribution < 1.29 is 13.9 Å². The summed E-state index contributed by atoms with van der Waals surface area (Å²) in [7, 11) is 0. The second-order valence-electron chi connectivity index (χ2n) is 8.22. The van der Waals surface area contributed by atoms with Gasteiger partial charge in [0.25, 0.3) is 0 Å². The van der Waals surface area contributed by atoms with Crippen LogP contribution in [0.2, 0.25) is 0 Å². The molecule has 0 spiro atoms. The molecule has 3 aromatic rings. The molecular weight excluding hydrogens is 405 g/mol. The molecule has 6 rings (SSSR count). The normalized spacial score (nSPS) is 12.7. The first-order valence-corrected chi connectivity index (χ1v) is 10.5. The van der Waals surface area contributed by atoms with Crippen molar-refractivity contribution in [3.05, 3.63) is 83.3 Å². The van der Waals surface area contributed by atoms with Crippen LogP contribution in [0.3, 0.4) is 0 Å². The van der Waals surface area contributed by atoms with Gasteiger partial charge in [-0.15, -0.1) is 10.2 Å². The summed E-state index contributed by atoms with van der Waals surface area (Å²) < 4.78 is 27.2. The Hall–Kier alpha value is -3.93. The molecule has 0 saturated heterocycles. The van der Waals surface area contributed by atoms with Crippen LogP contribution in [0.15, 0.2) is 60.8 Å². The molecule has 3 aliphatic rings. The Kier molecular flexibility index (Phi) is 4.15. The molecule has 6 heteroatoms. The number of nitrogens with zero attached hydrogens (tertiary/aromatic N) is 3. The summed E-state index contributed by atoms with van der Waals surface area (Å²) in [4.78, 5) is 0. The Bertz CT molecular complexity index is 1470. The minimum Gasteiger partial charge on any atom is -0.454 e. The van der Waals surface area contributed by atoms with Crippen LogP contribution >= 0.6 is 0 Å². The molecule has 0 N–H and O–H groups in total. The zero-order chi connectivity index (χ0) is 21.8. The highest BCUT2D eigenvalue weighted by Gasteiger charge is 2.24. The number of ether oxygens (including phenoxy) is 2. The lowest BCUT2D eigenvalue weighted by Crippen LogP contribution is -2.04. The molecule has 0 fully saturated rings. The van der Waals surface area contributed by atoms with E-state index < -0.39 is 0 Å². The summed E-state index contributed by atoms with van der Waals surface area (Å²) in [6, 6.07) is 16.9. The van der Waals surface area contributed by atoms with Crippen LogP contribution in [0.1, 0.15) is 16.7 Å². The van der Waals surface area contributed by atoms with Gasteiger partial charge in [0.15, 0.2) is 11.5 Å². The molecule has 0 aliphatic carbocycles. The van der Waals surface area contributed by atoms with Gasteiger partial charge in [-0.3, -0.25) is 0 Å². The Morgan fingerprint density at radius 3 is 2.53 bits per heavy atom. The summed E-state index contributed by atoms with van der Waals surface area (Å²) in [5, 5.41) is 10.0. The Morgan fingerprint density at radius 2 is 1.72 bits per heavy atom. The molecule has 158 valence electrons. The zero-order valence-corrected chi connectivity index (χ0v) is 17.7. The van der Waals surface area contributed by atoms with Crippen LogP contribution < -0.4 is 9.47 Å². The lowest BCUT2D eigenvalue weighted by Gasteiger charge is -2.16. The third-order valence-electron chi connectivity index (χ3n) is 6.12. The Labute approximate surface area is 184 Å². The van der Waals surface area contributed by atoms with Crippen molar-refractivity contribution >= 4 is 10.9 Å². The molecule has 0 aromatic heterocycles. The maximum atomic E-state index is 13.9. The van der Waals surface area contributed by atoms with E-state index in [-0.39, 0.29) is 12.6 Å². The van der Waals surface area contributed by atoms with Gasteiger partial charge in [-0.1, -0.05) is 24.3 Å². The van der Waals surface area contributed by atoms with Crippen molar-refractivity contribution in [2.45, 2.75) is 20.4 Å². The predicted octanol–water partition coefficient (Wildman–Crippen LogP) is 5.74. The third kappa shape index (κ3) is 2.99. The topological polar surface area (TPSA) is 49.2 Å². The maximum Gasteiger partial charge on any atom is 0.231 e. The van der Waals surface area contributed by atoms with Crippen molar-refractivity contribution in [1.82, 2.24) is 14.8 Å². The second kappa shape index (κ2) is 7.05. The van der Waals surface area contributed by atoms with Crippen LogP contribution in [0.4, 0.5) is 4.39 Å². The molecule has 0 unspecified atom stereocenters. The molecule has 0 amide bonds. The minimum absolute atomic E-state index is 0.194. The molecule has 0 radical (unpaired) electrons. The largest absolute Gasteiger partial charge is 0.454 e. The van der Waals surface area contributed by atoms with E-state index in [2.05, 4.69) is 53.0 Å². The highest BCUT2D eigenvalue weighted by atomic mass is 19.1. The minimum atomic E-state index is -0.251. The molecule has 5 nitrogen and oxygen atoms in total. The number of rotatable bonds is 3. The summed E-state index contributed by atoms with van der Waals surface area (Å²) in [5.41, 5.74) is 7.83. The quantitative estimate of drug-likeness (QED) is 0.370. The van der Waals surface area contributed by atoms with Crippen molar-refractivity contribution in [2.75, 3.05) is 6.79 Å². The monoisotopic (exact) mass is 425 g/mol. The van der Waals surface area contributed by atoms with Gasteiger partial charge in [0, 0.05) is 35.3 Å². The number of fused-ring (bicyclic) bond motifs is 4. The first kappa shape index (κ1) is 18.8. The standard InChI is InChI=1S/C26H20FN3O2/c1-15-6-7-18(8-16(15)2)25-21-13-30(12-17-4-3-5-19(27)9-17)22-11-24-23(31-14-32-24)10-20(22)26(21)29-28-25/h3-11,13H,12,14H2,1-2H3. The first-order chi connectivity index (χ1) is 15.6. The molecule has 3 aliphatic heterocycles. The Morgan fingerprint density at radius 1 is 0.906 bits per heavy atom. The highest BCUT2D eigenvalue weighted by Crippen LogP contribution is 2.42. The second-order valence-corrected chi connectivity index (χ2v) is 8.22. The number of hydrogen-bond acceptors (Lipinski definition) is 4. The van der Waals surface area contributed by atoms with Gasteiger partial charge in [0.2, 0.25) is 6.79 Å². The fourth-order valence-corrected chi connectivity index (χ4v) is 4.29. The summed E-state index contributed by atoms with van der Waals surface area (Å²) in [5.74, 6) is 1.13. The van der Waals surface area contributed by atoms with Crippen LogP contribution in [-0.4, -0.2) is 21.6 Å².